The normalized spacial score (nSPS) is 11.1. The molecule has 0 aliphatic heterocycles. The van der Waals surface area contributed by atoms with E-state index in [4.69, 9.17) is 4.52 Å². The van der Waals surface area contributed by atoms with Crippen molar-refractivity contribution in [3.8, 4) is 11.5 Å². The van der Waals surface area contributed by atoms with E-state index in [9.17, 15) is 0 Å². The minimum Gasteiger partial charge on any atom is -0.337 e. The van der Waals surface area contributed by atoms with Crippen molar-refractivity contribution >= 4 is 0 Å². The molecular formula is C13H19N5O. The molecule has 0 fully saturated rings. The van der Waals surface area contributed by atoms with E-state index in [0.717, 1.165) is 25.2 Å². The first-order valence-electron chi connectivity index (χ1n) is 6.36. The van der Waals surface area contributed by atoms with Gasteiger partial charge in [0.1, 0.15) is 5.69 Å². The fourth-order valence-corrected chi connectivity index (χ4v) is 1.75. The van der Waals surface area contributed by atoms with E-state index in [-0.39, 0.29) is 0 Å². The first-order valence-corrected chi connectivity index (χ1v) is 6.36. The SMILES string of the molecule is CNCCCN(C)Cc1nc(-c2ccccn2)no1. The second-order valence-electron chi connectivity index (χ2n) is 4.42. The summed E-state index contributed by atoms with van der Waals surface area (Å²) in [6, 6.07) is 5.63. The molecule has 19 heavy (non-hydrogen) atoms. The van der Waals surface area contributed by atoms with Gasteiger partial charge >= 0.3 is 0 Å². The van der Waals surface area contributed by atoms with Gasteiger partial charge in [0.25, 0.3) is 0 Å². The van der Waals surface area contributed by atoms with Crippen molar-refractivity contribution in [3.63, 3.8) is 0 Å². The Bertz CT molecular complexity index is 485. The highest BCUT2D eigenvalue weighted by atomic mass is 16.5. The van der Waals surface area contributed by atoms with Gasteiger partial charge < -0.3 is 9.84 Å². The van der Waals surface area contributed by atoms with Crippen LogP contribution < -0.4 is 5.32 Å². The summed E-state index contributed by atoms with van der Waals surface area (Å²) in [7, 11) is 4.00. The minimum absolute atomic E-state index is 0.541. The topological polar surface area (TPSA) is 67.1 Å². The van der Waals surface area contributed by atoms with E-state index in [1.54, 1.807) is 6.20 Å². The van der Waals surface area contributed by atoms with E-state index >= 15 is 0 Å². The predicted molar refractivity (Wildman–Crippen MR) is 72.4 cm³/mol. The molecule has 1 N–H and O–H groups in total. The predicted octanol–water partition coefficient (Wildman–Crippen LogP) is 1.17. The summed E-state index contributed by atoms with van der Waals surface area (Å²) in [5.74, 6) is 1.16. The van der Waals surface area contributed by atoms with Crippen LogP contribution in [-0.2, 0) is 6.54 Å². The fraction of sp³-hybridized carbons (Fsp3) is 0.462. The van der Waals surface area contributed by atoms with Gasteiger partial charge in [0.15, 0.2) is 0 Å². The van der Waals surface area contributed by atoms with Crippen LogP contribution >= 0.6 is 0 Å². The molecule has 0 amide bonds. The number of pyridine rings is 1. The smallest absolute Gasteiger partial charge is 0.241 e. The van der Waals surface area contributed by atoms with Gasteiger partial charge in [-0.25, -0.2) is 0 Å². The van der Waals surface area contributed by atoms with Crippen LogP contribution in [0.4, 0.5) is 0 Å². The minimum atomic E-state index is 0.541. The highest BCUT2D eigenvalue weighted by molar-refractivity contribution is 5.46. The van der Waals surface area contributed by atoms with Crippen molar-refractivity contribution in [2.75, 3.05) is 27.2 Å². The van der Waals surface area contributed by atoms with Gasteiger partial charge in [-0.3, -0.25) is 9.88 Å². The van der Waals surface area contributed by atoms with Crippen molar-refractivity contribution in [2.45, 2.75) is 13.0 Å². The largest absolute Gasteiger partial charge is 0.337 e. The van der Waals surface area contributed by atoms with Crippen LogP contribution in [0.5, 0.6) is 0 Å². The molecule has 0 unspecified atom stereocenters. The number of rotatable bonds is 7. The van der Waals surface area contributed by atoms with Crippen molar-refractivity contribution in [2.24, 2.45) is 0 Å². The third kappa shape index (κ3) is 4.11. The Kier molecular flexibility index (Phi) is 5.00. The molecule has 0 spiro atoms. The zero-order valence-corrected chi connectivity index (χ0v) is 11.3. The summed E-state index contributed by atoms with van der Waals surface area (Å²) < 4.78 is 5.24. The van der Waals surface area contributed by atoms with E-state index in [1.807, 2.05) is 32.3 Å². The number of nitrogens with one attached hydrogen (secondary N) is 1. The maximum atomic E-state index is 5.24. The van der Waals surface area contributed by atoms with Gasteiger partial charge in [0.2, 0.25) is 11.7 Å². The second kappa shape index (κ2) is 6.96. The number of hydrogen-bond acceptors (Lipinski definition) is 6. The quantitative estimate of drug-likeness (QED) is 0.755. The first-order chi connectivity index (χ1) is 9.29. The van der Waals surface area contributed by atoms with Crippen LogP contribution in [0, 0.1) is 0 Å². The maximum absolute atomic E-state index is 5.24. The Labute approximate surface area is 112 Å². The highest BCUT2D eigenvalue weighted by Gasteiger charge is 2.10. The summed E-state index contributed by atoms with van der Waals surface area (Å²) in [5.41, 5.74) is 0.732. The molecule has 2 aromatic heterocycles. The van der Waals surface area contributed by atoms with Crippen LogP contribution in [0.25, 0.3) is 11.5 Å². The van der Waals surface area contributed by atoms with Crippen molar-refractivity contribution < 1.29 is 4.52 Å². The van der Waals surface area contributed by atoms with E-state index in [0.29, 0.717) is 18.3 Å². The first kappa shape index (κ1) is 13.6. The zero-order valence-electron chi connectivity index (χ0n) is 11.3. The van der Waals surface area contributed by atoms with Gasteiger partial charge in [0.05, 0.1) is 6.54 Å². The molecule has 0 aliphatic rings. The van der Waals surface area contributed by atoms with Gasteiger partial charge in [-0.2, -0.15) is 4.98 Å². The molecule has 0 aliphatic carbocycles. The van der Waals surface area contributed by atoms with Crippen LogP contribution in [0.2, 0.25) is 0 Å². The monoisotopic (exact) mass is 261 g/mol. The lowest BCUT2D eigenvalue weighted by molar-refractivity contribution is 0.264. The third-order valence-electron chi connectivity index (χ3n) is 2.73. The molecule has 0 bridgehead atoms. The number of hydrogen-bond donors (Lipinski definition) is 1. The Morgan fingerprint density at radius 2 is 2.26 bits per heavy atom. The summed E-state index contributed by atoms with van der Waals surface area (Å²) in [6.07, 6.45) is 2.81. The second-order valence-corrected chi connectivity index (χ2v) is 4.42. The molecule has 0 radical (unpaired) electrons. The third-order valence-corrected chi connectivity index (χ3v) is 2.73. The van der Waals surface area contributed by atoms with E-state index in [2.05, 4.69) is 25.3 Å². The lowest BCUT2D eigenvalue weighted by Crippen LogP contribution is -2.22. The Morgan fingerprint density at radius 3 is 3.00 bits per heavy atom. The molecule has 0 saturated carbocycles. The fourth-order valence-electron chi connectivity index (χ4n) is 1.75. The van der Waals surface area contributed by atoms with Crippen LogP contribution in [0.1, 0.15) is 12.3 Å². The van der Waals surface area contributed by atoms with Gasteiger partial charge in [-0.15, -0.1) is 0 Å². The van der Waals surface area contributed by atoms with Crippen molar-refractivity contribution in [1.82, 2.24) is 25.3 Å². The molecule has 2 heterocycles. The molecule has 0 saturated heterocycles. The van der Waals surface area contributed by atoms with Crippen molar-refractivity contribution in [3.05, 3.63) is 30.3 Å². The Morgan fingerprint density at radius 1 is 1.37 bits per heavy atom. The van der Waals surface area contributed by atoms with Gasteiger partial charge in [-0.1, -0.05) is 11.2 Å². The van der Waals surface area contributed by atoms with E-state index in [1.165, 1.54) is 0 Å². The maximum Gasteiger partial charge on any atom is 0.241 e. The average molecular weight is 261 g/mol. The lowest BCUT2D eigenvalue weighted by Gasteiger charge is -2.13. The van der Waals surface area contributed by atoms with Crippen LogP contribution in [0.3, 0.4) is 0 Å². The molecule has 6 nitrogen and oxygen atoms in total. The molecule has 102 valence electrons. The van der Waals surface area contributed by atoms with Crippen LogP contribution in [0.15, 0.2) is 28.9 Å². The van der Waals surface area contributed by atoms with Gasteiger partial charge in [0, 0.05) is 6.20 Å². The summed E-state index contributed by atoms with van der Waals surface area (Å²) in [5, 5.41) is 7.07. The molecule has 2 aromatic rings. The van der Waals surface area contributed by atoms with Gasteiger partial charge in [-0.05, 0) is 45.7 Å². The molecule has 6 heteroatoms. The zero-order chi connectivity index (χ0) is 13.5. The van der Waals surface area contributed by atoms with Crippen LogP contribution in [-0.4, -0.2) is 47.2 Å². The molecule has 0 atom stereocenters. The molecule has 2 rings (SSSR count). The number of aromatic nitrogens is 3. The lowest BCUT2D eigenvalue weighted by atomic mass is 10.3. The highest BCUT2D eigenvalue weighted by Crippen LogP contribution is 2.12. The molecular weight excluding hydrogens is 242 g/mol. The summed E-state index contributed by atoms with van der Waals surface area (Å²) in [4.78, 5) is 10.7. The standard InChI is InChI=1S/C13H19N5O/c1-14-7-5-9-18(2)10-12-16-13(17-19-12)11-6-3-4-8-15-11/h3-4,6,8,14H,5,7,9-10H2,1-2H3. The summed E-state index contributed by atoms with van der Waals surface area (Å²) >= 11 is 0. The molecule has 0 aromatic carbocycles. The van der Waals surface area contributed by atoms with Crippen molar-refractivity contribution in [1.29, 1.82) is 0 Å². The average Bonchev–Trinajstić information content (AvgIpc) is 2.88. The Hall–Kier alpha value is -1.79. The van der Waals surface area contributed by atoms with E-state index < -0.39 is 0 Å². The summed E-state index contributed by atoms with van der Waals surface area (Å²) in [6.45, 7) is 2.65. The Balaban J connectivity index is 1.91. The number of nitrogens with zero attached hydrogens (tertiary/aromatic N) is 4.